The van der Waals surface area contributed by atoms with Crippen molar-refractivity contribution in [2.45, 2.75) is 23.7 Å². The predicted octanol–water partition coefficient (Wildman–Crippen LogP) is 3.89. The highest BCUT2D eigenvalue weighted by molar-refractivity contribution is 7.98. The van der Waals surface area contributed by atoms with Crippen molar-refractivity contribution >= 4 is 11.8 Å². The van der Waals surface area contributed by atoms with Gasteiger partial charge in [-0.15, -0.1) is 10.2 Å². The van der Waals surface area contributed by atoms with E-state index in [0.29, 0.717) is 28.0 Å². The summed E-state index contributed by atoms with van der Waals surface area (Å²) in [4.78, 5) is 0. The first-order valence-electron chi connectivity index (χ1n) is 8.12. The Kier molecular flexibility index (Phi) is 5.98. The Labute approximate surface area is 163 Å². The molecular formula is C18H17F3N4O2S. The number of alkyl halides is 3. The highest BCUT2D eigenvalue weighted by Crippen LogP contribution is 2.31. The number of rotatable bonds is 7. The first-order chi connectivity index (χ1) is 13.4. The van der Waals surface area contributed by atoms with Gasteiger partial charge in [0, 0.05) is 11.8 Å². The maximum Gasteiger partial charge on any atom is 0.416 e. The van der Waals surface area contributed by atoms with Gasteiger partial charge in [-0.05, 0) is 23.8 Å². The van der Waals surface area contributed by atoms with Gasteiger partial charge in [-0.2, -0.15) is 13.2 Å². The number of nitrogen functional groups attached to an aromatic ring is 1. The maximum absolute atomic E-state index is 12.8. The quantitative estimate of drug-likeness (QED) is 0.471. The van der Waals surface area contributed by atoms with E-state index in [4.69, 9.17) is 15.3 Å². The van der Waals surface area contributed by atoms with E-state index in [0.717, 1.165) is 12.1 Å². The molecule has 1 aromatic heterocycles. The number of thioether (sulfide) groups is 1. The summed E-state index contributed by atoms with van der Waals surface area (Å²) in [6, 6.07) is 12.2. The molecule has 148 valence electrons. The molecule has 1 heterocycles. The molecule has 3 rings (SSSR count). The fourth-order valence-electron chi connectivity index (χ4n) is 2.33. The van der Waals surface area contributed by atoms with Crippen molar-refractivity contribution in [3.63, 3.8) is 0 Å². The van der Waals surface area contributed by atoms with E-state index in [1.807, 2.05) is 0 Å². The molecule has 0 bridgehead atoms. The summed E-state index contributed by atoms with van der Waals surface area (Å²) in [5.74, 6) is 7.87. The summed E-state index contributed by atoms with van der Waals surface area (Å²) < 4.78 is 50.4. The number of halogens is 3. The molecular weight excluding hydrogens is 393 g/mol. The molecule has 2 aromatic carbocycles. The van der Waals surface area contributed by atoms with Gasteiger partial charge in [-0.3, -0.25) is 0 Å². The average Bonchev–Trinajstić information content (AvgIpc) is 3.04. The van der Waals surface area contributed by atoms with Gasteiger partial charge >= 0.3 is 6.18 Å². The lowest BCUT2D eigenvalue weighted by atomic mass is 10.1. The molecule has 28 heavy (non-hydrogen) atoms. The first-order valence-corrected chi connectivity index (χ1v) is 9.10. The molecule has 0 radical (unpaired) electrons. The first kappa shape index (κ1) is 19.9. The third-order valence-electron chi connectivity index (χ3n) is 3.77. The van der Waals surface area contributed by atoms with Crippen molar-refractivity contribution < 1.29 is 22.6 Å². The van der Waals surface area contributed by atoms with Crippen LogP contribution in [0.15, 0.2) is 53.7 Å². The van der Waals surface area contributed by atoms with Gasteiger partial charge in [-0.1, -0.05) is 36.0 Å². The van der Waals surface area contributed by atoms with Crippen LogP contribution >= 0.6 is 11.8 Å². The molecule has 0 saturated heterocycles. The molecule has 0 aliphatic carbocycles. The Morgan fingerprint density at radius 2 is 1.82 bits per heavy atom. The largest absolute Gasteiger partial charge is 0.497 e. The molecule has 0 atom stereocenters. The summed E-state index contributed by atoms with van der Waals surface area (Å²) in [5.41, 5.74) is -0.177. The van der Waals surface area contributed by atoms with E-state index in [2.05, 4.69) is 10.2 Å². The predicted molar refractivity (Wildman–Crippen MR) is 98.5 cm³/mol. The van der Waals surface area contributed by atoms with Crippen LogP contribution < -0.4 is 15.3 Å². The Hall–Kier alpha value is -2.88. The zero-order valence-corrected chi connectivity index (χ0v) is 15.6. The Morgan fingerprint density at radius 3 is 2.57 bits per heavy atom. The standard InChI is InChI=1S/C18H17F3N4O2S/c1-26-14-6-3-7-15(9-14)27-10-16-23-24-17(25(16)22)28-11-12-4-2-5-13(8-12)18(19,20)21/h2-9H,10-11,22H2,1H3. The number of hydrogen-bond donors (Lipinski definition) is 1. The molecule has 0 unspecified atom stereocenters. The molecule has 0 amide bonds. The molecule has 0 spiro atoms. The summed E-state index contributed by atoms with van der Waals surface area (Å²) in [6.07, 6.45) is -4.38. The van der Waals surface area contributed by atoms with Crippen molar-refractivity contribution in [1.29, 1.82) is 0 Å². The van der Waals surface area contributed by atoms with Gasteiger partial charge in [0.2, 0.25) is 5.16 Å². The monoisotopic (exact) mass is 410 g/mol. The molecule has 0 aliphatic rings. The van der Waals surface area contributed by atoms with Crippen LogP contribution in [0, 0.1) is 0 Å². The Balaban J connectivity index is 1.62. The van der Waals surface area contributed by atoms with Crippen LogP contribution in [0.1, 0.15) is 17.0 Å². The van der Waals surface area contributed by atoms with Gasteiger partial charge in [0.05, 0.1) is 12.7 Å². The smallest absolute Gasteiger partial charge is 0.416 e. The fourth-order valence-corrected chi connectivity index (χ4v) is 3.15. The summed E-state index contributed by atoms with van der Waals surface area (Å²) in [7, 11) is 1.56. The van der Waals surface area contributed by atoms with Crippen molar-refractivity contribution in [2.75, 3.05) is 13.0 Å². The van der Waals surface area contributed by atoms with Crippen LogP contribution in [0.2, 0.25) is 0 Å². The number of nitrogens with zero attached hydrogens (tertiary/aromatic N) is 3. The van der Waals surface area contributed by atoms with Gasteiger partial charge < -0.3 is 15.3 Å². The van der Waals surface area contributed by atoms with Gasteiger partial charge in [-0.25, -0.2) is 4.68 Å². The van der Waals surface area contributed by atoms with Crippen molar-refractivity contribution in [3.8, 4) is 11.5 Å². The summed E-state index contributed by atoms with van der Waals surface area (Å²) >= 11 is 1.19. The van der Waals surface area contributed by atoms with Crippen LogP contribution in [-0.2, 0) is 18.5 Å². The molecule has 0 aliphatic heterocycles. The molecule has 0 saturated carbocycles. The topological polar surface area (TPSA) is 75.2 Å². The minimum atomic E-state index is -4.38. The minimum Gasteiger partial charge on any atom is -0.497 e. The zero-order chi connectivity index (χ0) is 20.1. The molecule has 2 N–H and O–H groups in total. The summed E-state index contributed by atoms with van der Waals surface area (Å²) in [6.45, 7) is 0.0841. The van der Waals surface area contributed by atoms with Gasteiger partial charge in [0.1, 0.15) is 18.1 Å². The minimum absolute atomic E-state index is 0.0841. The van der Waals surface area contributed by atoms with E-state index in [1.165, 1.54) is 22.5 Å². The number of methoxy groups -OCH3 is 1. The molecule has 0 fully saturated rings. The van der Waals surface area contributed by atoms with E-state index in [1.54, 1.807) is 37.4 Å². The van der Waals surface area contributed by atoms with Crippen molar-refractivity contribution in [2.24, 2.45) is 0 Å². The van der Waals surface area contributed by atoms with Crippen LogP contribution in [0.5, 0.6) is 11.5 Å². The third kappa shape index (κ3) is 4.89. The van der Waals surface area contributed by atoms with Crippen LogP contribution in [0.4, 0.5) is 13.2 Å². The normalized spacial score (nSPS) is 11.4. The van der Waals surface area contributed by atoms with Crippen molar-refractivity contribution in [1.82, 2.24) is 14.9 Å². The van der Waals surface area contributed by atoms with E-state index in [-0.39, 0.29) is 12.4 Å². The number of aromatic nitrogens is 3. The van der Waals surface area contributed by atoms with Crippen molar-refractivity contribution in [3.05, 3.63) is 65.5 Å². The number of nitrogens with two attached hydrogens (primary N) is 1. The fraction of sp³-hybridized carbons (Fsp3) is 0.222. The van der Waals surface area contributed by atoms with Crippen LogP contribution in [-0.4, -0.2) is 22.0 Å². The second-order valence-corrected chi connectivity index (χ2v) is 6.67. The van der Waals surface area contributed by atoms with E-state index >= 15 is 0 Å². The van der Waals surface area contributed by atoms with Crippen LogP contribution in [0.25, 0.3) is 0 Å². The Bertz CT molecular complexity index is 947. The van der Waals surface area contributed by atoms with Crippen LogP contribution in [0.3, 0.4) is 0 Å². The zero-order valence-electron chi connectivity index (χ0n) is 14.8. The van der Waals surface area contributed by atoms with E-state index < -0.39 is 11.7 Å². The Morgan fingerprint density at radius 1 is 1.07 bits per heavy atom. The molecule has 3 aromatic rings. The summed E-state index contributed by atoms with van der Waals surface area (Å²) in [5, 5.41) is 8.32. The lowest BCUT2D eigenvalue weighted by molar-refractivity contribution is -0.137. The number of ether oxygens (including phenoxy) is 2. The lowest BCUT2D eigenvalue weighted by Crippen LogP contribution is -2.15. The number of hydrogen-bond acceptors (Lipinski definition) is 6. The SMILES string of the molecule is COc1cccc(OCc2nnc(SCc3cccc(C(F)(F)F)c3)n2N)c1. The third-order valence-corrected chi connectivity index (χ3v) is 4.78. The highest BCUT2D eigenvalue weighted by atomic mass is 32.2. The molecule has 10 heteroatoms. The van der Waals surface area contributed by atoms with E-state index in [9.17, 15) is 13.2 Å². The second kappa shape index (κ2) is 8.42. The second-order valence-electron chi connectivity index (χ2n) is 5.72. The maximum atomic E-state index is 12.8. The van der Waals surface area contributed by atoms with Gasteiger partial charge in [0.15, 0.2) is 5.82 Å². The van der Waals surface area contributed by atoms with Gasteiger partial charge in [0.25, 0.3) is 0 Å². The molecule has 6 nitrogen and oxygen atoms in total. The highest BCUT2D eigenvalue weighted by Gasteiger charge is 2.30. The number of benzene rings is 2. The average molecular weight is 410 g/mol. The lowest BCUT2D eigenvalue weighted by Gasteiger charge is -2.09.